The zero-order chi connectivity index (χ0) is 13.4. The molecule has 2 atom stereocenters. The van der Waals surface area contributed by atoms with Gasteiger partial charge in [0.05, 0.1) is 18.6 Å². The molecule has 0 aliphatic rings. The van der Waals surface area contributed by atoms with Gasteiger partial charge in [0, 0.05) is 12.1 Å². The fraction of sp³-hybridized carbons (Fsp3) is 0.917. The summed E-state index contributed by atoms with van der Waals surface area (Å²) >= 11 is 0. The van der Waals surface area contributed by atoms with Crippen molar-refractivity contribution in [2.45, 2.75) is 59.5 Å². The van der Waals surface area contributed by atoms with Gasteiger partial charge in [-0.2, -0.15) is 5.26 Å². The second kappa shape index (κ2) is 8.83. The van der Waals surface area contributed by atoms with Crippen LogP contribution in [0.2, 0.25) is 0 Å². The van der Waals surface area contributed by atoms with Crippen molar-refractivity contribution in [2.24, 2.45) is 5.92 Å². The van der Waals surface area contributed by atoms with Gasteiger partial charge in [-0.15, -0.1) is 0 Å². The fourth-order valence-corrected chi connectivity index (χ4v) is 2.99. The van der Waals surface area contributed by atoms with Crippen LogP contribution >= 0.6 is 8.53 Å². The van der Waals surface area contributed by atoms with Crippen molar-refractivity contribution in [1.82, 2.24) is 4.67 Å². The van der Waals surface area contributed by atoms with Crippen molar-refractivity contribution in [3.8, 4) is 6.07 Å². The van der Waals surface area contributed by atoms with E-state index < -0.39 is 8.53 Å². The Kier molecular flexibility index (Phi) is 8.72. The Hall–Kier alpha value is -0.200. The van der Waals surface area contributed by atoms with Crippen molar-refractivity contribution in [3.05, 3.63) is 0 Å². The van der Waals surface area contributed by atoms with Gasteiger partial charge >= 0.3 is 0 Å². The van der Waals surface area contributed by atoms with E-state index >= 15 is 0 Å². The topological polar surface area (TPSA) is 56.5 Å². The smallest absolute Gasteiger partial charge is 0.256 e. The third-order valence-corrected chi connectivity index (χ3v) is 4.17. The number of hydrogen-bond donors (Lipinski definition) is 1. The van der Waals surface area contributed by atoms with E-state index in [1.165, 1.54) is 0 Å². The van der Waals surface area contributed by atoms with Crippen molar-refractivity contribution < 1.29 is 9.42 Å². The lowest BCUT2D eigenvalue weighted by atomic mass is 10.1. The van der Waals surface area contributed by atoms with E-state index in [2.05, 4.69) is 6.07 Å². The predicted octanol–water partition coefficient (Wildman–Crippen LogP) is 3.28. The molecule has 1 N–H and O–H groups in total. The summed E-state index contributed by atoms with van der Waals surface area (Å²) in [7, 11) is -1.59. The summed E-state index contributed by atoms with van der Waals surface area (Å²) < 4.78 is 7.40. The highest BCUT2D eigenvalue weighted by atomic mass is 31.2. The van der Waals surface area contributed by atoms with E-state index in [1.807, 2.05) is 39.3 Å². The summed E-state index contributed by atoms with van der Waals surface area (Å²) in [5.41, 5.74) is 0. The Bertz CT molecular complexity index is 233. The van der Waals surface area contributed by atoms with Gasteiger partial charge in [0.25, 0.3) is 8.53 Å². The SMILES string of the molecule is CCCC(C#N)COP(O)N(C(C)C)C(C)C. The lowest BCUT2D eigenvalue weighted by Crippen LogP contribution is -2.33. The van der Waals surface area contributed by atoms with E-state index in [0.29, 0.717) is 6.61 Å². The van der Waals surface area contributed by atoms with E-state index in [0.717, 1.165) is 12.8 Å². The Labute approximate surface area is 107 Å². The van der Waals surface area contributed by atoms with E-state index in [-0.39, 0.29) is 18.0 Å². The average Bonchev–Trinajstić information content (AvgIpc) is 2.23. The standard InChI is InChI=1S/C12H25N2O2P/c1-6-7-12(8-13)9-16-17(15)14(10(2)3)11(4)5/h10-12,15H,6-7,9H2,1-5H3. The molecule has 0 saturated heterocycles. The highest BCUT2D eigenvalue weighted by molar-refractivity contribution is 7.43. The summed E-state index contributed by atoms with van der Waals surface area (Å²) in [5.74, 6) is -0.113. The number of hydrogen-bond acceptors (Lipinski definition) is 4. The first kappa shape index (κ1) is 16.8. The molecule has 4 nitrogen and oxygen atoms in total. The molecule has 0 aromatic heterocycles. The summed E-state index contributed by atoms with van der Waals surface area (Å²) in [4.78, 5) is 10.0. The molecule has 0 heterocycles. The van der Waals surface area contributed by atoms with Crippen molar-refractivity contribution in [2.75, 3.05) is 6.61 Å². The molecule has 0 aliphatic carbocycles. The minimum atomic E-state index is -1.59. The molecule has 0 aromatic carbocycles. The van der Waals surface area contributed by atoms with Crippen LogP contribution in [0, 0.1) is 17.2 Å². The minimum absolute atomic E-state index is 0.113. The molecule has 17 heavy (non-hydrogen) atoms. The Morgan fingerprint density at radius 2 is 1.82 bits per heavy atom. The first-order chi connectivity index (χ1) is 7.93. The van der Waals surface area contributed by atoms with Gasteiger partial charge in [0.15, 0.2) is 0 Å². The van der Waals surface area contributed by atoms with Crippen LogP contribution in [0.4, 0.5) is 0 Å². The molecule has 100 valence electrons. The van der Waals surface area contributed by atoms with E-state index in [4.69, 9.17) is 9.79 Å². The molecule has 0 rings (SSSR count). The molecule has 0 spiro atoms. The average molecular weight is 260 g/mol. The molecule has 0 aliphatic heterocycles. The molecule has 0 radical (unpaired) electrons. The van der Waals surface area contributed by atoms with Crippen LogP contribution in [0.25, 0.3) is 0 Å². The van der Waals surface area contributed by atoms with Gasteiger partial charge in [-0.1, -0.05) is 13.3 Å². The van der Waals surface area contributed by atoms with Gasteiger partial charge < -0.3 is 9.42 Å². The number of nitriles is 1. The van der Waals surface area contributed by atoms with Crippen LogP contribution in [-0.2, 0) is 4.52 Å². The maximum Gasteiger partial charge on any atom is 0.256 e. The highest BCUT2D eigenvalue weighted by Gasteiger charge is 2.24. The largest absolute Gasteiger partial charge is 0.338 e. The maximum atomic E-state index is 10.0. The zero-order valence-electron chi connectivity index (χ0n) is 11.6. The highest BCUT2D eigenvalue weighted by Crippen LogP contribution is 2.40. The Morgan fingerprint density at radius 3 is 2.18 bits per heavy atom. The third-order valence-electron chi connectivity index (χ3n) is 2.47. The zero-order valence-corrected chi connectivity index (χ0v) is 12.4. The second-order valence-electron chi connectivity index (χ2n) is 4.73. The number of nitrogens with zero attached hydrogens (tertiary/aromatic N) is 2. The Balaban J connectivity index is 4.23. The van der Waals surface area contributed by atoms with E-state index in [1.54, 1.807) is 0 Å². The van der Waals surface area contributed by atoms with Crippen molar-refractivity contribution in [3.63, 3.8) is 0 Å². The first-order valence-corrected chi connectivity index (χ1v) is 7.40. The van der Waals surface area contributed by atoms with Crippen LogP contribution < -0.4 is 0 Å². The van der Waals surface area contributed by atoms with Gasteiger partial charge in [0.2, 0.25) is 0 Å². The maximum absolute atomic E-state index is 10.0. The predicted molar refractivity (Wildman–Crippen MR) is 71.2 cm³/mol. The van der Waals surface area contributed by atoms with Crippen LogP contribution in [0.3, 0.4) is 0 Å². The van der Waals surface area contributed by atoms with Gasteiger partial charge in [-0.3, -0.25) is 0 Å². The van der Waals surface area contributed by atoms with Gasteiger partial charge in [0.1, 0.15) is 0 Å². The van der Waals surface area contributed by atoms with Crippen molar-refractivity contribution in [1.29, 1.82) is 5.26 Å². The lowest BCUT2D eigenvalue weighted by molar-refractivity contribution is 0.196. The molecule has 2 unspecified atom stereocenters. The van der Waals surface area contributed by atoms with Crippen LogP contribution in [-0.4, -0.2) is 28.3 Å². The Morgan fingerprint density at radius 1 is 1.29 bits per heavy atom. The lowest BCUT2D eigenvalue weighted by Gasteiger charge is -2.33. The molecule has 0 saturated carbocycles. The third kappa shape index (κ3) is 6.33. The van der Waals surface area contributed by atoms with Crippen LogP contribution in [0.5, 0.6) is 0 Å². The second-order valence-corrected chi connectivity index (χ2v) is 5.96. The van der Waals surface area contributed by atoms with Gasteiger partial charge in [-0.25, -0.2) is 4.67 Å². The molecule has 0 aromatic rings. The summed E-state index contributed by atoms with van der Waals surface area (Å²) in [6.45, 7) is 10.5. The quantitative estimate of drug-likeness (QED) is 0.680. The molecule has 5 heteroatoms. The minimum Gasteiger partial charge on any atom is -0.338 e. The normalized spacial score (nSPS) is 15.3. The molecule has 0 fully saturated rings. The first-order valence-electron chi connectivity index (χ1n) is 6.23. The monoisotopic (exact) mass is 260 g/mol. The molecular formula is C12H25N2O2P. The molecular weight excluding hydrogens is 235 g/mol. The molecule has 0 bridgehead atoms. The fourth-order valence-electron chi connectivity index (χ4n) is 1.75. The summed E-state index contributed by atoms with van der Waals surface area (Å²) in [6.07, 6.45) is 1.78. The number of rotatable bonds is 8. The van der Waals surface area contributed by atoms with Gasteiger partial charge in [-0.05, 0) is 34.1 Å². The molecule has 0 amide bonds. The van der Waals surface area contributed by atoms with Crippen molar-refractivity contribution >= 4 is 8.53 Å². The summed E-state index contributed by atoms with van der Waals surface area (Å²) in [5, 5.41) is 8.91. The van der Waals surface area contributed by atoms with Crippen LogP contribution in [0.1, 0.15) is 47.5 Å². The summed E-state index contributed by atoms with van der Waals surface area (Å²) in [6, 6.07) is 2.68. The van der Waals surface area contributed by atoms with Crippen LogP contribution in [0.15, 0.2) is 0 Å². The van der Waals surface area contributed by atoms with E-state index in [9.17, 15) is 4.89 Å².